The Labute approximate surface area is 120 Å². The maximum Gasteiger partial charge on any atom is 0.342 e. The van der Waals surface area contributed by atoms with Crippen LogP contribution in [0.2, 0.25) is 0 Å². The van der Waals surface area contributed by atoms with Crippen LogP contribution in [0.25, 0.3) is 0 Å². The molecule has 0 spiro atoms. The third-order valence-electron chi connectivity index (χ3n) is 2.56. The zero-order valence-electron chi connectivity index (χ0n) is 11.6. The second kappa shape index (κ2) is 7.08. The molecule has 0 unspecified atom stereocenters. The van der Waals surface area contributed by atoms with Crippen molar-refractivity contribution >= 4 is 23.4 Å². The molecule has 0 radical (unpaired) electrons. The molecule has 9 nitrogen and oxygen atoms in total. The van der Waals surface area contributed by atoms with Crippen LogP contribution >= 0.6 is 0 Å². The highest BCUT2D eigenvalue weighted by molar-refractivity contribution is 5.93. The SMILES string of the molecule is CN(C)C(=O)NCCNc1ccc([N+](=O)[O-])c(C(=O)O)c1. The molecule has 3 N–H and O–H groups in total. The van der Waals surface area contributed by atoms with E-state index < -0.39 is 16.6 Å². The van der Waals surface area contributed by atoms with Gasteiger partial charge in [-0.05, 0) is 12.1 Å². The number of carboxylic acids is 1. The summed E-state index contributed by atoms with van der Waals surface area (Å²) in [5.74, 6) is -1.37. The Morgan fingerprint density at radius 3 is 2.52 bits per heavy atom. The minimum absolute atomic E-state index is 0.244. The number of nitrogens with zero attached hydrogens (tertiary/aromatic N) is 2. The Kier molecular flexibility index (Phi) is 5.47. The van der Waals surface area contributed by atoms with E-state index in [9.17, 15) is 19.7 Å². The molecule has 1 aromatic rings. The number of nitrogens with one attached hydrogen (secondary N) is 2. The van der Waals surface area contributed by atoms with Crippen LogP contribution in [0.4, 0.5) is 16.2 Å². The smallest absolute Gasteiger partial charge is 0.342 e. The molecule has 114 valence electrons. The molecule has 1 aromatic carbocycles. The van der Waals surface area contributed by atoms with Gasteiger partial charge >= 0.3 is 12.0 Å². The molecule has 0 saturated heterocycles. The lowest BCUT2D eigenvalue weighted by molar-refractivity contribution is -0.385. The summed E-state index contributed by atoms with van der Waals surface area (Å²) in [6.45, 7) is 0.687. The lowest BCUT2D eigenvalue weighted by atomic mass is 10.1. The number of benzene rings is 1. The van der Waals surface area contributed by atoms with Gasteiger partial charge in [0.05, 0.1) is 4.92 Å². The highest BCUT2D eigenvalue weighted by Crippen LogP contribution is 2.22. The summed E-state index contributed by atoms with van der Waals surface area (Å²) in [6.07, 6.45) is 0. The van der Waals surface area contributed by atoms with Gasteiger partial charge in [0.15, 0.2) is 0 Å². The van der Waals surface area contributed by atoms with Crippen molar-refractivity contribution < 1.29 is 19.6 Å². The van der Waals surface area contributed by atoms with Gasteiger partial charge in [-0.25, -0.2) is 9.59 Å². The molecule has 0 aliphatic rings. The van der Waals surface area contributed by atoms with Gasteiger partial charge in [0.1, 0.15) is 5.56 Å². The van der Waals surface area contributed by atoms with E-state index in [4.69, 9.17) is 5.11 Å². The summed E-state index contributed by atoms with van der Waals surface area (Å²) in [7, 11) is 3.22. The Bertz CT molecular complexity index is 559. The van der Waals surface area contributed by atoms with Crippen molar-refractivity contribution in [2.75, 3.05) is 32.5 Å². The Hall–Kier alpha value is -2.84. The fourth-order valence-electron chi connectivity index (χ4n) is 1.51. The summed E-state index contributed by atoms with van der Waals surface area (Å²) < 4.78 is 0. The van der Waals surface area contributed by atoms with E-state index in [-0.39, 0.29) is 11.6 Å². The minimum Gasteiger partial charge on any atom is -0.477 e. The van der Waals surface area contributed by atoms with Gasteiger partial charge < -0.3 is 20.6 Å². The number of nitro groups is 1. The topological polar surface area (TPSA) is 125 Å². The molecule has 1 rings (SSSR count). The van der Waals surface area contributed by atoms with E-state index in [2.05, 4.69) is 10.6 Å². The van der Waals surface area contributed by atoms with E-state index in [1.807, 2.05) is 0 Å². The molecule has 0 heterocycles. The van der Waals surface area contributed by atoms with Gasteiger partial charge in [0, 0.05) is 38.9 Å². The second-order valence-electron chi connectivity index (χ2n) is 4.35. The number of urea groups is 1. The van der Waals surface area contributed by atoms with Crippen molar-refractivity contribution in [2.45, 2.75) is 0 Å². The number of aromatic carboxylic acids is 1. The van der Waals surface area contributed by atoms with Crippen LogP contribution in [-0.2, 0) is 0 Å². The van der Waals surface area contributed by atoms with Crippen molar-refractivity contribution in [1.82, 2.24) is 10.2 Å². The minimum atomic E-state index is -1.37. The van der Waals surface area contributed by atoms with E-state index in [0.717, 1.165) is 6.07 Å². The molecule has 0 fully saturated rings. The molecular weight excluding hydrogens is 280 g/mol. The van der Waals surface area contributed by atoms with Crippen molar-refractivity contribution in [3.05, 3.63) is 33.9 Å². The maximum atomic E-state index is 11.3. The zero-order valence-corrected chi connectivity index (χ0v) is 11.6. The predicted octanol–water partition coefficient (Wildman–Crippen LogP) is 0.976. The number of carbonyl (C=O) groups excluding carboxylic acids is 1. The van der Waals surface area contributed by atoms with Gasteiger partial charge in [0.25, 0.3) is 5.69 Å². The maximum absolute atomic E-state index is 11.3. The number of rotatable bonds is 6. The largest absolute Gasteiger partial charge is 0.477 e. The average Bonchev–Trinajstić information content (AvgIpc) is 2.42. The van der Waals surface area contributed by atoms with Crippen LogP contribution in [0, 0.1) is 10.1 Å². The van der Waals surface area contributed by atoms with E-state index in [1.165, 1.54) is 17.0 Å². The van der Waals surface area contributed by atoms with E-state index in [1.54, 1.807) is 14.1 Å². The number of carboxylic acid groups (broad SMARTS) is 1. The van der Waals surface area contributed by atoms with Gasteiger partial charge in [-0.15, -0.1) is 0 Å². The number of carbonyl (C=O) groups is 2. The highest BCUT2D eigenvalue weighted by Gasteiger charge is 2.19. The first-order valence-corrected chi connectivity index (χ1v) is 6.03. The second-order valence-corrected chi connectivity index (χ2v) is 4.35. The number of nitro benzene ring substituents is 1. The van der Waals surface area contributed by atoms with Crippen LogP contribution in [-0.4, -0.2) is 54.1 Å². The van der Waals surface area contributed by atoms with Crippen molar-refractivity contribution in [2.24, 2.45) is 0 Å². The molecular formula is C12H16N4O5. The van der Waals surface area contributed by atoms with Crippen molar-refractivity contribution in [3.63, 3.8) is 0 Å². The fraction of sp³-hybridized carbons (Fsp3) is 0.333. The number of hydrogen-bond donors (Lipinski definition) is 3. The van der Waals surface area contributed by atoms with E-state index >= 15 is 0 Å². The molecule has 0 aliphatic carbocycles. The first-order valence-electron chi connectivity index (χ1n) is 6.03. The van der Waals surface area contributed by atoms with Crippen molar-refractivity contribution in [3.8, 4) is 0 Å². The lowest BCUT2D eigenvalue weighted by Crippen LogP contribution is -2.37. The normalized spacial score (nSPS) is 9.81. The van der Waals surface area contributed by atoms with Gasteiger partial charge in [0.2, 0.25) is 0 Å². The number of anilines is 1. The third-order valence-corrected chi connectivity index (χ3v) is 2.56. The lowest BCUT2D eigenvalue weighted by Gasteiger charge is -2.12. The average molecular weight is 296 g/mol. The van der Waals surface area contributed by atoms with Crippen molar-refractivity contribution in [1.29, 1.82) is 0 Å². The quantitative estimate of drug-likeness (QED) is 0.408. The van der Waals surface area contributed by atoms with Gasteiger partial charge in [-0.3, -0.25) is 10.1 Å². The molecule has 21 heavy (non-hydrogen) atoms. The van der Waals surface area contributed by atoms with E-state index in [0.29, 0.717) is 18.8 Å². The van der Waals surface area contributed by atoms with Crippen LogP contribution in [0.1, 0.15) is 10.4 Å². The first-order chi connectivity index (χ1) is 9.82. The molecule has 9 heteroatoms. The molecule has 2 amide bonds. The summed E-state index contributed by atoms with van der Waals surface area (Å²) in [5, 5.41) is 25.2. The van der Waals surface area contributed by atoms with Crippen LogP contribution in [0.5, 0.6) is 0 Å². The summed E-state index contributed by atoms with van der Waals surface area (Å²) in [6, 6.07) is 3.49. The number of amides is 2. The van der Waals surface area contributed by atoms with Gasteiger partial charge in [-0.2, -0.15) is 0 Å². The highest BCUT2D eigenvalue weighted by atomic mass is 16.6. The first kappa shape index (κ1) is 16.2. The summed E-state index contributed by atoms with van der Waals surface area (Å²) >= 11 is 0. The monoisotopic (exact) mass is 296 g/mol. The molecule has 0 saturated carbocycles. The Morgan fingerprint density at radius 1 is 1.33 bits per heavy atom. The third kappa shape index (κ3) is 4.64. The molecule has 0 aromatic heterocycles. The molecule has 0 atom stereocenters. The Morgan fingerprint density at radius 2 is 2.00 bits per heavy atom. The standard InChI is InChI=1S/C12H16N4O5/c1-15(2)12(19)14-6-5-13-8-3-4-10(16(20)21)9(7-8)11(17)18/h3-4,7,13H,5-6H2,1-2H3,(H,14,19)(H,17,18). The Balaban J connectivity index is 2.65. The van der Waals surface area contributed by atoms with Crippen LogP contribution in [0.3, 0.4) is 0 Å². The zero-order chi connectivity index (χ0) is 16.0. The predicted molar refractivity (Wildman–Crippen MR) is 75.6 cm³/mol. The molecule has 0 bridgehead atoms. The summed E-state index contributed by atoms with van der Waals surface area (Å²) in [5.41, 5.74) is -0.423. The molecule has 0 aliphatic heterocycles. The summed E-state index contributed by atoms with van der Waals surface area (Å²) in [4.78, 5) is 33.6. The fourth-order valence-corrected chi connectivity index (χ4v) is 1.51. The van der Waals surface area contributed by atoms with Crippen LogP contribution in [0.15, 0.2) is 18.2 Å². The number of hydrogen-bond acceptors (Lipinski definition) is 5. The van der Waals surface area contributed by atoms with Gasteiger partial charge in [-0.1, -0.05) is 0 Å². The van der Waals surface area contributed by atoms with Crippen LogP contribution < -0.4 is 10.6 Å².